The smallest absolute Gasteiger partial charge is 0.145 e. The first-order valence-corrected chi connectivity index (χ1v) is 7.56. The predicted molar refractivity (Wildman–Crippen MR) is 84.5 cm³/mol. The predicted octanol–water partition coefficient (Wildman–Crippen LogP) is 5.03. The quantitative estimate of drug-likeness (QED) is 0.801. The number of aromatic nitrogens is 1. The molecule has 0 radical (unpaired) electrons. The van der Waals surface area contributed by atoms with Crippen LogP contribution >= 0.6 is 35.0 Å². The second-order valence-electron chi connectivity index (χ2n) is 4.13. The SMILES string of the molecule is CNc1nc(SCc2cccc(C)c2)c(Cl)cc1Cl. The van der Waals surface area contributed by atoms with Crippen molar-refractivity contribution in [2.45, 2.75) is 17.7 Å². The average Bonchev–Trinajstić information content (AvgIpc) is 2.38. The van der Waals surface area contributed by atoms with Gasteiger partial charge in [-0.05, 0) is 18.6 Å². The second kappa shape index (κ2) is 6.51. The van der Waals surface area contributed by atoms with Crippen molar-refractivity contribution in [1.82, 2.24) is 4.98 Å². The summed E-state index contributed by atoms with van der Waals surface area (Å²) in [4.78, 5) is 4.42. The zero-order chi connectivity index (χ0) is 13.8. The number of hydrogen-bond donors (Lipinski definition) is 1. The Morgan fingerprint density at radius 2 is 2.00 bits per heavy atom. The Morgan fingerprint density at radius 3 is 2.68 bits per heavy atom. The van der Waals surface area contributed by atoms with Gasteiger partial charge in [-0.15, -0.1) is 11.8 Å². The molecule has 0 spiro atoms. The van der Waals surface area contributed by atoms with Crippen LogP contribution in [0, 0.1) is 6.92 Å². The summed E-state index contributed by atoms with van der Waals surface area (Å²) >= 11 is 13.8. The molecule has 1 heterocycles. The molecule has 1 aromatic carbocycles. The minimum Gasteiger partial charge on any atom is -0.372 e. The molecule has 2 rings (SSSR count). The Morgan fingerprint density at radius 1 is 1.21 bits per heavy atom. The fourth-order valence-electron chi connectivity index (χ4n) is 1.68. The van der Waals surface area contributed by atoms with E-state index in [1.165, 1.54) is 11.1 Å². The minimum atomic E-state index is 0.535. The van der Waals surface area contributed by atoms with Crippen LogP contribution in [0.5, 0.6) is 0 Å². The number of pyridine rings is 1. The maximum Gasteiger partial charge on any atom is 0.145 e. The first-order chi connectivity index (χ1) is 9.10. The molecule has 0 saturated carbocycles. The van der Waals surface area contributed by atoms with Gasteiger partial charge in [-0.25, -0.2) is 4.98 Å². The van der Waals surface area contributed by atoms with Crippen LogP contribution in [0.15, 0.2) is 35.4 Å². The summed E-state index contributed by atoms with van der Waals surface area (Å²) in [5, 5.41) is 4.86. The molecule has 100 valence electrons. The summed E-state index contributed by atoms with van der Waals surface area (Å²) in [5.74, 6) is 1.48. The minimum absolute atomic E-state index is 0.535. The van der Waals surface area contributed by atoms with Crippen molar-refractivity contribution in [3.8, 4) is 0 Å². The molecule has 2 nitrogen and oxygen atoms in total. The monoisotopic (exact) mass is 312 g/mol. The van der Waals surface area contributed by atoms with Crippen LogP contribution < -0.4 is 5.32 Å². The van der Waals surface area contributed by atoms with Gasteiger partial charge < -0.3 is 5.32 Å². The molecule has 0 aliphatic heterocycles. The third-order valence-electron chi connectivity index (χ3n) is 2.59. The number of hydrogen-bond acceptors (Lipinski definition) is 3. The van der Waals surface area contributed by atoms with E-state index in [0.29, 0.717) is 15.9 Å². The van der Waals surface area contributed by atoms with Crippen molar-refractivity contribution in [2.24, 2.45) is 0 Å². The first-order valence-electron chi connectivity index (χ1n) is 5.82. The van der Waals surface area contributed by atoms with Crippen LogP contribution in [0.4, 0.5) is 5.82 Å². The van der Waals surface area contributed by atoms with E-state index in [-0.39, 0.29) is 0 Å². The van der Waals surface area contributed by atoms with Gasteiger partial charge in [0.05, 0.1) is 10.0 Å². The maximum absolute atomic E-state index is 6.16. The molecule has 0 unspecified atom stereocenters. The fourth-order valence-corrected chi connectivity index (χ4v) is 3.13. The van der Waals surface area contributed by atoms with Gasteiger partial charge in [-0.3, -0.25) is 0 Å². The summed E-state index contributed by atoms with van der Waals surface area (Å²) in [5.41, 5.74) is 2.51. The molecule has 0 bridgehead atoms. The van der Waals surface area contributed by atoms with Gasteiger partial charge in [0.15, 0.2) is 0 Å². The number of nitrogens with zero attached hydrogens (tertiary/aromatic N) is 1. The Balaban J connectivity index is 2.15. The third kappa shape index (κ3) is 3.78. The van der Waals surface area contributed by atoms with Crippen molar-refractivity contribution in [2.75, 3.05) is 12.4 Å². The summed E-state index contributed by atoms with van der Waals surface area (Å²) < 4.78 is 0. The topological polar surface area (TPSA) is 24.9 Å². The molecule has 0 saturated heterocycles. The van der Waals surface area contributed by atoms with E-state index in [0.717, 1.165) is 10.8 Å². The Kier molecular flexibility index (Phi) is 4.97. The van der Waals surface area contributed by atoms with Crippen molar-refractivity contribution in [1.29, 1.82) is 0 Å². The number of anilines is 1. The molecule has 19 heavy (non-hydrogen) atoms. The van der Waals surface area contributed by atoms with Crippen molar-refractivity contribution < 1.29 is 0 Å². The zero-order valence-electron chi connectivity index (χ0n) is 10.7. The normalized spacial score (nSPS) is 10.5. The lowest BCUT2D eigenvalue weighted by molar-refractivity contribution is 1.12. The van der Waals surface area contributed by atoms with E-state index >= 15 is 0 Å². The zero-order valence-corrected chi connectivity index (χ0v) is 13.0. The lowest BCUT2D eigenvalue weighted by atomic mass is 10.2. The van der Waals surface area contributed by atoms with Crippen LogP contribution in [0.1, 0.15) is 11.1 Å². The van der Waals surface area contributed by atoms with Gasteiger partial charge in [0.25, 0.3) is 0 Å². The lowest BCUT2D eigenvalue weighted by Crippen LogP contribution is -1.95. The number of nitrogens with one attached hydrogen (secondary N) is 1. The van der Waals surface area contributed by atoms with Crippen LogP contribution in [0.25, 0.3) is 0 Å². The van der Waals surface area contributed by atoms with E-state index in [9.17, 15) is 0 Å². The molecule has 0 aliphatic carbocycles. The number of thioether (sulfide) groups is 1. The molecular weight excluding hydrogens is 299 g/mol. The standard InChI is InChI=1S/C14H14Cl2N2S/c1-9-4-3-5-10(6-9)8-19-14-12(16)7-11(15)13(17-2)18-14/h3-7H,8H2,1-2H3,(H,17,18). The van der Waals surface area contributed by atoms with Crippen LogP contribution in [-0.2, 0) is 5.75 Å². The molecule has 1 aromatic heterocycles. The molecule has 0 atom stereocenters. The summed E-state index contributed by atoms with van der Waals surface area (Å²) in [6.45, 7) is 2.08. The Bertz CT molecular complexity index is 588. The maximum atomic E-state index is 6.16. The molecule has 1 N–H and O–H groups in total. The van der Waals surface area contributed by atoms with Gasteiger partial charge in [0.1, 0.15) is 10.8 Å². The van der Waals surface area contributed by atoms with Gasteiger partial charge in [-0.1, -0.05) is 53.0 Å². The lowest BCUT2D eigenvalue weighted by Gasteiger charge is -2.08. The van der Waals surface area contributed by atoms with Crippen molar-refractivity contribution in [3.05, 3.63) is 51.5 Å². The highest BCUT2D eigenvalue weighted by Crippen LogP contribution is 2.33. The van der Waals surface area contributed by atoms with E-state index in [1.807, 2.05) is 0 Å². The summed E-state index contributed by atoms with van der Waals surface area (Å²) in [6, 6.07) is 10.1. The molecule has 0 fully saturated rings. The highest BCUT2D eigenvalue weighted by atomic mass is 35.5. The van der Waals surface area contributed by atoms with Crippen LogP contribution in [0.3, 0.4) is 0 Å². The fraction of sp³-hybridized carbons (Fsp3) is 0.214. The van der Waals surface area contributed by atoms with E-state index < -0.39 is 0 Å². The average molecular weight is 313 g/mol. The molecular formula is C14H14Cl2N2S. The molecule has 0 amide bonds. The molecule has 0 aliphatic rings. The van der Waals surface area contributed by atoms with E-state index in [2.05, 4.69) is 41.5 Å². The third-order valence-corrected chi connectivity index (χ3v) is 4.34. The van der Waals surface area contributed by atoms with Crippen LogP contribution in [-0.4, -0.2) is 12.0 Å². The van der Waals surface area contributed by atoms with Gasteiger partial charge in [-0.2, -0.15) is 0 Å². The van der Waals surface area contributed by atoms with Crippen LogP contribution in [0.2, 0.25) is 10.0 Å². The summed E-state index contributed by atoms with van der Waals surface area (Å²) in [6.07, 6.45) is 0. The highest BCUT2D eigenvalue weighted by Gasteiger charge is 2.09. The first kappa shape index (κ1) is 14.5. The number of halogens is 2. The Labute approximate surface area is 127 Å². The van der Waals surface area contributed by atoms with Crippen molar-refractivity contribution in [3.63, 3.8) is 0 Å². The van der Waals surface area contributed by atoms with Gasteiger partial charge in [0, 0.05) is 12.8 Å². The van der Waals surface area contributed by atoms with Gasteiger partial charge >= 0.3 is 0 Å². The summed E-state index contributed by atoms with van der Waals surface area (Å²) in [7, 11) is 1.79. The second-order valence-corrected chi connectivity index (χ2v) is 5.91. The molecule has 5 heteroatoms. The number of aryl methyl sites for hydroxylation is 1. The largest absolute Gasteiger partial charge is 0.372 e. The van der Waals surface area contributed by atoms with E-state index in [1.54, 1.807) is 24.9 Å². The molecule has 2 aromatic rings. The number of benzene rings is 1. The number of rotatable bonds is 4. The highest BCUT2D eigenvalue weighted by molar-refractivity contribution is 7.98. The van der Waals surface area contributed by atoms with Crippen molar-refractivity contribution >= 4 is 40.8 Å². The Hall–Kier alpha value is -0.900. The van der Waals surface area contributed by atoms with Gasteiger partial charge in [0.2, 0.25) is 0 Å². The van der Waals surface area contributed by atoms with E-state index in [4.69, 9.17) is 23.2 Å².